The van der Waals surface area contributed by atoms with Gasteiger partial charge in [0.15, 0.2) is 0 Å². The van der Waals surface area contributed by atoms with Gasteiger partial charge >= 0.3 is 0 Å². The van der Waals surface area contributed by atoms with Gasteiger partial charge in [0.05, 0.1) is 0 Å². The molecule has 1 aliphatic heterocycles. The molecule has 1 saturated heterocycles. The maximum Gasteiger partial charge on any atom is 0.0108 e. The Kier molecular flexibility index (Phi) is 4.16. The molecular weight excluding hydrogens is 162 g/mol. The van der Waals surface area contributed by atoms with Crippen LogP contribution in [0, 0.1) is 5.41 Å². The topological polar surface area (TPSA) is 41.3 Å². The molecule has 0 aliphatic carbocycles. The molecule has 0 unspecified atom stereocenters. The molecule has 3 heteroatoms. The van der Waals surface area contributed by atoms with Gasteiger partial charge in [0, 0.05) is 32.7 Å². The molecule has 1 fully saturated rings. The predicted octanol–water partition coefficient (Wildman–Crippen LogP) is 0.267. The quantitative estimate of drug-likeness (QED) is 0.660. The van der Waals surface area contributed by atoms with E-state index < -0.39 is 0 Å². The molecule has 0 atom stereocenters. The molecule has 3 N–H and O–H groups in total. The molecule has 0 bridgehead atoms. The Bertz CT molecular complexity index is 139. The zero-order valence-corrected chi connectivity index (χ0v) is 8.97. The Morgan fingerprint density at radius 1 is 1.31 bits per heavy atom. The molecule has 0 radical (unpaired) electrons. The summed E-state index contributed by atoms with van der Waals surface area (Å²) in [5.41, 5.74) is 5.97. The first kappa shape index (κ1) is 11.0. The first-order valence-electron chi connectivity index (χ1n) is 5.27. The van der Waals surface area contributed by atoms with Crippen LogP contribution in [0.5, 0.6) is 0 Å². The van der Waals surface area contributed by atoms with E-state index in [1.54, 1.807) is 0 Å². The second-order valence-electron chi connectivity index (χ2n) is 4.73. The van der Waals surface area contributed by atoms with E-state index in [0.29, 0.717) is 5.41 Å². The Labute approximate surface area is 81.7 Å². The first-order valence-corrected chi connectivity index (χ1v) is 5.27. The fourth-order valence-corrected chi connectivity index (χ4v) is 1.94. The third-order valence-corrected chi connectivity index (χ3v) is 2.68. The fourth-order valence-electron chi connectivity index (χ4n) is 1.94. The lowest BCUT2D eigenvalue weighted by Gasteiger charge is -2.35. The van der Waals surface area contributed by atoms with E-state index in [1.807, 2.05) is 0 Å². The van der Waals surface area contributed by atoms with Crippen LogP contribution in [0.2, 0.25) is 0 Å². The monoisotopic (exact) mass is 185 g/mol. The third-order valence-electron chi connectivity index (χ3n) is 2.68. The number of nitrogens with two attached hydrogens (primary N) is 1. The van der Waals surface area contributed by atoms with E-state index in [0.717, 1.165) is 26.1 Å². The lowest BCUT2D eigenvalue weighted by molar-refractivity contribution is 0.155. The standard InChI is InChI=1S/C10H23N3/c1-10(2,3-4-11)9-13-7-5-12-6-8-13/h12H,3-9,11H2,1-2H3. The molecule has 78 valence electrons. The molecule has 1 heterocycles. The van der Waals surface area contributed by atoms with Gasteiger partial charge in [-0.1, -0.05) is 13.8 Å². The second-order valence-corrected chi connectivity index (χ2v) is 4.73. The van der Waals surface area contributed by atoms with Gasteiger partial charge < -0.3 is 16.0 Å². The van der Waals surface area contributed by atoms with Gasteiger partial charge in [0.1, 0.15) is 0 Å². The maximum absolute atomic E-state index is 5.59. The average Bonchev–Trinajstić information content (AvgIpc) is 2.04. The number of nitrogens with one attached hydrogen (secondary N) is 1. The van der Waals surface area contributed by atoms with E-state index in [1.165, 1.54) is 19.6 Å². The van der Waals surface area contributed by atoms with Gasteiger partial charge in [0.25, 0.3) is 0 Å². The van der Waals surface area contributed by atoms with Crippen molar-refractivity contribution in [3.05, 3.63) is 0 Å². The van der Waals surface area contributed by atoms with E-state index >= 15 is 0 Å². The van der Waals surface area contributed by atoms with Crippen molar-refractivity contribution < 1.29 is 0 Å². The Balaban J connectivity index is 2.28. The van der Waals surface area contributed by atoms with Gasteiger partial charge in [0.2, 0.25) is 0 Å². The highest BCUT2D eigenvalue weighted by Crippen LogP contribution is 2.20. The molecule has 0 amide bonds. The van der Waals surface area contributed by atoms with Gasteiger partial charge in [-0.05, 0) is 18.4 Å². The third kappa shape index (κ3) is 4.07. The molecular formula is C10H23N3. The largest absolute Gasteiger partial charge is 0.330 e. The molecule has 0 saturated carbocycles. The number of hydrogen-bond acceptors (Lipinski definition) is 3. The minimum absolute atomic E-state index is 0.381. The summed E-state index contributed by atoms with van der Waals surface area (Å²) in [5, 5.41) is 3.37. The van der Waals surface area contributed by atoms with Gasteiger partial charge in [-0.25, -0.2) is 0 Å². The summed E-state index contributed by atoms with van der Waals surface area (Å²) in [7, 11) is 0. The summed E-state index contributed by atoms with van der Waals surface area (Å²) in [6.07, 6.45) is 1.12. The SMILES string of the molecule is CC(C)(CCN)CN1CCNCC1. The summed E-state index contributed by atoms with van der Waals surface area (Å²) in [5.74, 6) is 0. The number of rotatable bonds is 4. The normalized spacial score (nSPS) is 20.5. The Hall–Kier alpha value is -0.120. The van der Waals surface area contributed by atoms with Crippen molar-refractivity contribution in [1.82, 2.24) is 10.2 Å². The molecule has 0 aromatic carbocycles. The summed E-state index contributed by atoms with van der Waals surface area (Å²) >= 11 is 0. The fraction of sp³-hybridized carbons (Fsp3) is 1.00. The highest BCUT2D eigenvalue weighted by atomic mass is 15.2. The number of piperazine rings is 1. The Morgan fingerprint density at radius 3 is 2.46 bits per heavy atom. The van der Waals surface area contributed by atoms with E-state index in [2.05, 4.69) is 24.1 Å². The molecule has 3 nitrogen and oxygen atoms in total. The minimum atomic E-state index is 0.381. The average molecular weight is 185 g/mol. The van der Waals surface area contributed by atoms with E-state index in [9.17, 15) is 0 Å². The van der Waals surface area contributed by atoms with Crippen molar-refractivity contribution in [2.45, 2.75) is 20.3 Å². The highest BCUT2D eigenvalue weighted by molar-refractivity contribution is 4.77. The van der Waals surface area contributed by atoms with Crippen molar-refractivity contribution >= 4 is 0 Å². The Morgan fingerprint density at radius 2 is 1.92 bits per heavy atom. The van der Waals surface area contributed by atoms with Crippen molar-refractivity contribution in [1.29, 1.82) is 0 Å². The van der Waals surface area contributed by atoms with Crippen LogP contribution in [0.15, 0.2) is 0 Å². The van der Waals surface area contributed by atoms with Crippen LogP contribution in [0.1, 0.15) is 20.3 Å². The van der Waals surface area contributed by atoms with Crippen LogP contribution >= 0.6 is 0 Å². The summed E-state index contributed by atoms with van der Waals surface area (Å²) in [4.78, 5) is 2.53. The molecule has 1 rings (SSSR count). The van der Waals surface area contributed by atoms with Crippen LogP contribution < -0.4 is 11.1 Å². The van der Waals surface area contributed by atoms with E-state index in [4.69, 9.17) is 5.73 Å². The molecule has 0 aromatic heterocycles. The highest BCUT2D eigenvalue weighted by Gasteiger charge is 2.21. The van der Waals surface area contributed by atoms with Gasteiger partial charge in [-0.15, -0.1) is 0 Å². The molecule has 13 heavy (non-hydrogen) atoms. The maximum atomic E-state index is 5.59. The molecule has 1 aliphatic rings. The van der Waals surface area contributed by atoms with Crippen molar-refractivity contribution in [2.24, 2.45) is 11.1 Å². The lowest BCUT2D eigenvalue weighted by Crippen LogP contribution is -2.47. The van der Waals surface area contributed by atoms with Crippen LogP contribution in [0.4, 0.5) is 0 Å². The van der Waals surface area contributed by atoms with Crippen molar-refractivity contribution in [2.75, 3.05) is 39.3 Å². The van der Waals surface area contributed by atoms with Crippen molar-refractivity contribution in [3.8, 4) is 0 Å². The van der Waals surface area contributed by atoms with Crippen LogP contribution in [-0.4, -0.2) is 44.2 Å². The first-order chi connectivity index (χ1) is 6.14. The lowest BCUT2D eigenvalue weighted by atomic mass is 9.88. The van der Waals surface area contributed by atoms with Crippen LogP contribution in [0.3, 0.4) is 0 Å². The van der Waals surface area contributed by atoms with Gasteiger partial charge in [-0.2, -0.15) is 0 Å². The zero-order valence-electron chi connectivity index (χ0n) is 8.97. The summed E-state index contributed by atoms with van der Waals surface area (Å²) < 4.78 is 0. The van der Waals surface area contributed by atoms with E-state index in [-0.39, 0.29) is 0 Å². The van der Waals surface area contributed by atoms with Gasteiger partial charge in [-0.3, -0.25) is 0 Å². The van der Waals surface area contributed by atoms with Crippen molar-refractivity contribution in [3.63, 3.8) is 0 Å². The summed E-state index contributed by atoms with van der Waals surface area (Å²) in [6, 6.07) is 0. The number of nitrogens with zero attached hydrogens (tertiary/aromatic N) is 1. The summed E-state index contributed by atoms with van der Waals surface area (Å²) in [6.45, 7) is 11.3. The van der Waals surface area contributed by atoms with Crippen LogP contribution in [-0.2, 0) is 0 Å². The second kappa shape index (κ2) is 4.94. The molecule has 0 spiro atoms. The zero-order chi connectivity index (χ0) is 9.73. The predicted molar refractivity (Wildman–Crippen MR) is 56.8 cm³/mol. The molecule has 0 aromatic rings. The number of hydrogen-bond donors (Lipinski definition) is 2. The smallest absolute Gasteiger partial charge is 0.0108 e. The minimum Gasteiger partial charge on any atom is -0.330 e. The van der Waals surface area contributed by atoms with Crippen LogP contribution in [0.25, 0.3) is 0 Å².